The Morgan fingerprint density at radius 2 is 2.03 bits per heavy atom. The zero-order valence-electron chi connectivity index (χ0n) is 17.8. The highest BCUT2D eigenvalue weighted by molar-refractivity contribution is 7.89. The summed E-state index contributed by atoms with van der Waals surface area (Å²) >= 11 is 0. The standard InChI is InChI=1S/C20H33N3O5S/c1-20(2,3)28-19(24)22-12-7-9-18(10-13-22)23(29(25,26)15-14-27-4)16-17-8-5-6-11-21-17/h5-6,8,11,18H,7,9-10,12-16H2,1-4H3/t18-/m1/s1. The van der Waals surface area contributed by atoms with Gasteiger partial charge in [-0.05, 0) is 52.2 Å². The predicted octanol–water partition coefficient (Wildman–Crippen LogP) is 2.65. The second-order valence-corrected chi connectivity index (χ2v) is 10.3. The quantitative estimate of drug-likeness (QED) is 0.665. The molecular weight excluding hydrogens is 394 g/mol. The topological polar surface area (TPSA) is 89.0 Å². The van der Waals surface area contributed by atoms with E-state index in [-0.39, 0.29) is 31.0 Å². The Morgan fingerprint density at radius 3 is 2.66 bits per heavy atom. The van der Waals surface area contributed by atoms with Gasteiger partial charge in [-0.15, -0.1) is 0 Å². The average Bonchev–Trinajstić information content (AvgIpc) is 2.90. The number of hydrogen-bond donors (Lipinski definition) is 0. The Bertz CT molecular complexity index is 749. The van der Waals surface area contributed by atoms with E-state index in [0.717, 1.165) is 0 Å². The molecule has 0 radical (unpaired) electrons. The van der Waals surface area contributed by atoms with Crippen LogP contribution in [0, 0.1) is 0 Å². The third kappa shape index (κ3) is 7.56. The van der Waals surface area contributed by atoms with Crippen molar-refractivity contribution in [2.24, 2.45) is 0 Å². The van der Waals surface area contributed by atoms with Crippen molar-refractivity contribution in [2.75, 3.05) is 32.6 Å². The van der Waals surface area contributed by atoms with E-state index in [0.29, 0.717) is 38.0 Å². The van der Waals surface area contributed by atoms with Crippen molar-refractivity contribution in [3.8, 4) is 0 Å². The van der Waals surface area contributed by atoms with Crippen molar-refractivity contribution in [1.29, 1.82) is 0 Å². The lowest BCUT2D eigenvalue weighted by atomic mass is 10.1. The maximum absolute atomic E-state index is 13.0. The Hall–Kier alpha value is -1.71. The summed E-state index contributed by atoms with van der Waals surface area (Å²) < 4.78 is 38.0. The molecule has 0 N–H and O–H groups in total. The second-order valence-electron chi connectivity index (χ2n) is 8.23. The molecule has 2 heterocycles. The SMILES string of the molecule is COCCS(=O)(=O)N(Cc1ccccn1)[C@@H]1CCCN(C(=O)OC(C)(C)C)CC1. The van der Waals surface area contributed by atoms with E-state index in [1.54, 1.807) is 17.2 Å². The predicted molar refractivity (Wildman–Crippen MR) is 111 cm³/mol. The van der Waals surface area contributed by atoms with Crippen LogP contribution in [0.25, 0.3) is 0 Å². The zero-order chi connectivity index (χ0) is 21.5. The molecule has 1 aromatic rings. The number of carbonyl (C=O) groups is 1. The van der Waals surface area contributed by atoms with E-state index in [9.17, 15) is 13.2 Å². The number of aromatic nitrogens is 1. The summed E-state index contributed by atoms with van der Waals surface area (Å²) in [7, 11) is -2.04. The molecule has 1 aromatic heterocycles. The first-order valence-electron chi connectivity index (χ1n) is 9.98. The Balaban J connectivity index is 2.15. The minimum absolute atomic E-state index is 0.0807. The number of carbonyl (C=O) groups excluding carboxylic acids is 1. The number of pyridine rings is 1. The molecule has 2 rings (SSSR count). The molecule has 8 nitrogen and oxygen atoms in total. The van der Waals surface area contributed by atoms with Crippen molar-refractivity contribution in [3.05, 3.63) is 30.1 Å². The maximum atomic E-state index is 13.0. The minimum Gasteiger partial charge on any atom is -0.444 e. The van der Waals surface area contributed by atoms with Crippen LogP contribution < -0.4 is 0 Å². The number of amides is 1. The van der Waals surface area contributed by atoms with Gasteiger partial charge in [-0.3, -0.25) is 4.98 Å². The van der Waals surface area contributed by atoms with E-state index >= 15 is 0 Å². The lowest BCUT2D eigenvalue weighted by molar-refractivity contribution is 0.0255. The van der Waals surface area contributed by atoms with E-state index in [1.165, 1.54) is 11.4 Å². The van der Waals surface area contributed by atoms with Crippen molar-refractivity contribution in [3.63, 3.8) is 0 Å². The van der Waals surface area contributed by atoms with Crippen LogP contribution in [0.15, 0.2) is 24.4 Å². The number of ether oxygens (including phenoxy) is 2. The molecule has 0 saturated carbocycles. The number of sulfonamides is 1. The zero-order valence-corrected chi connectivity index (χ0v) is 18.7. The number of rotatable bonds is 7. The minimum atomic E-state index is -3.53. The summed E-state index contributed by atoms with van der Waals surface area (Å²) in [4.78, 5) is 18.4. The molecule has 1 aliphatic heterocycles. The molecular formula is C20H33N3O5S. The van der Waals surface area contributed by atoms with Crippen molar-refractivity contribution < 1.29 is 22.7 Å². The van der Waals surface area contributed by atoms with Gasteiger partial charge < -0.3 is 14.4 Å². The van der Waals surface area contributed by atoms with Crippen molar-refractivity contribution in [2.45, 2.75) is 58.2 Å². The molecule has 0 bridgehead atoms. The van der Waals surface area contributed by atoms with Crippen LogP contribution in [0.1, 0.15) is 45.7 Å². The summed E-state index contributed by atoms with van der Waals surface area (Å²) in [6, 6.07) is 5.27. The van der Waals surface area contributed by atoms with Crippen LogP contribution in [0.5, 0.6) is 0 Å². The summed E-state index contributed by atoms with van der Waals surface area (Å²) in [5.41, 5.74) is 0.138. The summed E-state index contributed by atoms with van der Waals surface area (Å²) in [6.45, 7) is 6.87. The molecule has 1 aliphatic rings. The first-order valence-corrected chi connectivity index (χ1v) is 11.6. The van der Waals surface area contributed by atoms with Gasteiger partial charge in [-0.1, -0.05) is 6.07 Å². The van der Waals surface area contributed by atoms with Crippen LogP contribution in [0.4, 0.5) is 4.79 Å². The van der Waals surface area contributed by atoms with Gasteiger partial charge in [0.15, 0.2) is 0 Å². The normalized spacial score (nSPS) is 18.5. The van der Waals surface area contributed by atoms with Gasteiger partial charge in [-0.2, -0.15) is 4.31 Å². The fourth-order valence-electron chi connectivity index (χ4n) is 3.29. The molecule has 0 aliphatic carbocycles. The third-order valence-electron chi connectivity index (χ3n) is 4.70. The van der Waals surface area contributed by atoms with E-state index in [2.05, 4.69) is 4.98 Å². The van der Waals surface area contributed by atoms with Crippen molar-refractivity contribution in [1.82, 2.24) is 14.2 Å². The fourth-order valence-corrected chi connectivity index (χ4v) is 4.89. The van der Waals surface area contributed by atoms with Crippen LogP contribution in [0.3, 0.4) is 0 Å². The highest BCUT2D eigenvalue weighted by Crippen LogP contribution is 2.23. The fraction of sp³-hybridized carbons (Fsp3) is 0.700. The number of methoxy groups -OCH3 is 1. The first kappa shape index (κ1) is 23.6. The lowest BCUT2D eigenvalue weighted by Gasteiger charge is -2.30. The first-order chi connectivity index (χ1) is 13.6. The Kier molecular flexibility index (Phi) is 8.42. The van der Waals surface area contributed by atoms with E-state index in [1.807, 2.05) is 32.9 Å². The van der Waals surface area contributed by atoms with Crippen LogP contribution in [0.2, 0.25) is 0 Å². The highest BCUT2D eigenvalue weighted by atomic mass is 32.2. The molecule has 164 valence electrons. The Labute approximate surface area is 174 Å². The molecule has 9 heteroatoms. The van der Waals surface area contributed by atoms with Gasteiger partial charge in [0.05, 0.1) is 24.6 Å². The summed E-state index contributed by atoms with van der Waals surface area (Å²) in [5, 5.41) is 0. The third-order valence-corrected chi connectivity index (χ3v) is 6.53. The molecule has 1 atom stereocenters. The van der Waals surface area contributed by atoms with E-state index < -0.39 is 15.6 Å². The van der Waals surface area contributed by atoms with Crippen LogP contribution in [-0.4, -0.2) is 72.9 Å². The maximum Gasteiger partial charge on any atom is 0.410 e. The summed E-state index contributed by atoms with van der Waals surface area (Å²) in [5.74, 6) is -0.0807. The van der Waals surface area contributed by atoms with Gasteiger partial charge in [-0.25, -0.2) is 13.2 Å². The van der Waals surface area contributed by atoms with Crippen molar-refractivity contribution >= 4 is 16.1 Å². The number of hydrogen-bond acceptors (Lipinski definition) is 6. The highest BCUT2D eigenvalue weighted by Gasteiger charge is 2.33. The molecule has 0 spiro atoms. The molecule has 0 unspecified atom stereocenters. The van der Waals surface area contributed by atoms with Gasteiger partial charge in [0.1, 0.15) is 5.60 Å². The smallest absolute Gasteiger partial charge is 0.410 e. The van der Waals surface area contributed by atoms with Gasteiger partial charge in [0.25, 0.3) is 0 Å². The van der Waals surface area contributed by atoms with Gasteiger partial charge in [0.2, 0.25) is 10.0 Å². The van der Waals surface area contributed by atoms with Crippen LogP contribution >= 0.6 is 0 Å². The lowest BCUT2D eigenvalue weighted by Crippen LogP contribution is -2.43. The number of nitrogens with zero attached hydrogens (tertiary/aromatic N) is 3. The monoisotopic (exact) mass is 427 g/mol. The molecule has 1 amide bonds. The average molecular weight is 428 g/mol. The number of likely N-dealkylation sites (tertiary alicyclic amines) is 1. The summed E-state index contributed by atoms with van der Waals surface area (Å²) in [6.07, 6.45) is 3.25. The largest absolute Gasteiger partial charge is 0.444 e. The molecule has 29 heavy (non-hydrogen) atoms. The molecule has 0 aromatic carbocycles. The molecule has 1 fully saturated rings. The van der Waals surface area contributed by atoms with Crippen LogP contribution in [-0.2, 0) is 26.0 Å². The van der Waals surface area contributed by atoms with Gasteiger partial charge in [0, 0.05) is 32.4 Å². The second kappa shape index (κ2) is 10.4. The van der Waals surface area contributed by atoms with Gasteiger partial charge >= 0.3 is 6.09 Å². The van der Waals surface area contributed by atoms with E-state index in [4.69, 9.17) is 9.47 Å². The molecule has 1 saturated heterocycles. The Morgan fingerprint density at radius 1 is 1.28 bits per heavy atom.